The van der Waals surface area contributed by atoms with E-state index in [1.807, 2.05) is 42.5 Å². The van der Waals surface area contributed by atoms with Gasteiger partial charge in [-0.15, -0.1) is 0 Å². The maximum Gasteiger partial charge on any atom is 2.00 e. The zero-order chi connectivity index (χ0) is 27.1. The van der Waals surface area contributed by atoms with Crippen molar-refractivity contribution in [3.63, 3.8) is 0 Å². The van der Waals surface area contributed by atoms with Crippen LogP contribution in [-0.4, -0.2) is 53.2 Å². The third kappa shape index (κ3) is 4.91. The number of hydrogen-bond donors (Lipinski definition) is 1. The Balaban J connectivity index is 0.00000161. The zero-order valence-corrected chi connectivity index (χ0v) is 24.5. The average Bonchev–Trinajstić information content (AvgIpc) is 3.47. The summed E-state index contributed by atoms with van der Waals surface area (Å²) in [5.41, 5.74) is 9.46. The number of carbonyl (C=O) groups is 1. The van der Waals surface area contributed by atoms with E-state index in [2.05, 4.69) is 60.4 Å². The SMILES string of the molecule is CCCc1nc2c(C)cc(-c3nc4ccccc4n3C)cc2n1Cc1ccc(-c2ccccc2C(=O)O)cc1.[H-].[H-].[Mg+2]. The Kier molecular flexibility index (Phi) is 7.78. The van der Waals surface area contributed by atoms with Gasteiger partial charge in [0.25, 0.3) is 0 Å². The molecule has 0 fully saturated rings. The molecule has 0 saturated carbocycles. The summed E-state index contributed by atoms with van der Waals surface area (Å²) in [5.74, 6) is 1.08. The van der Waals surface area contributed by atoms with Crippen LogP contribution in [0.15, 0.2) is 84.9 Å². The molecule has 6 aromatic rings. The topological polar surface area (TPSA) is 72.9 Å². The monoisotopic (exact) mass is 540 g/mol. The van der Waals surface area contributed by atoms with Crippen molar-refractivity contribution in [2.75, 3.05) is 0 Å². The van der Waals surface area contributed by atoms with Crippen molar-refractivity contribution in [1.82, 2.24) is 19.1 Å². The summed E-state index contributed by atoms with van der Waals surface area (Å²) in [6, 6.07) is 27.9. The fourth-order valence-electron chi connectivity index (χ4n) is 5.46. The van der Waals surface area contributed by atoms with Gasteiger partial charge in [-0.3, -0.25) is 0 Å². The van der Waals surface area contributed by atoms with Crippen molar-refractivity contribution >= 4 is 51.1 Å². The number of carboxylic acids is 1. The molecule has 0 amide bonds. The minimum Gasteiger partial charge on any atom is -1.00 e. The van der Waals surface area contributed by atoms with E-state index in [0.29, 0.717) is 12.1 Å². The molecule has 4 aromatic carbocycles. The van der Waals surface area contributed by atoms with Gasteiger partial charge in [0, 0.05) is 25.6 Å². The van der Waals surface area contributed by atoms with Crippen LogP contribution in [0.3, 0.4) is 0 Å². The number of hydrogen-bond acceptors (Lipinski definition) is 3. The molecule has 0 aliphatic rings. The Labute approximate surface area is 252 Å². The van der Waals surface area contributed by atoms with Gasteiger partial charge in [-0.2, -0.15) is 0 Å². The van der Waals surface area contributed by atoms with Crippen molar-refractivity contribution in [1.29, 1.82) is 0 Å². The van der Waals surface area contributed by atoms with Crippen molar-refractivity contribution in [2.24, 2.45) is 7.05 Å². The molecule has 6 rings (SSSR count). The summed E-state index contributed by atoms with van der Waals surface area (Å²) in [6.07, 6.45) is 1.89. The van der Waals surface area contributed by atoms with E-state index >= 15 is 0 Å². The molecule has 40 heavy (non-hydrogen) atoms. The van der Waals surface area contributed by atoms with Crippen LogP contribution < -0.4 is 0 Å². The van der Waals surface area contributed by atoms with Crippen LogP contribution in [0.2, 0.25) is 0 Å². The molecule has 0 spiro atoms. The molecule has 0 atom stereocenters. The second kappa shape index (κ2) is 11.3. The van der Waals surface area contributed by atoms with E-state index < -0.39 is 5.97 Å². The van der Waals surface area contributed by atoms with Gasteiger partial charge in [0.1, 0.15) is 11.6 Å². The fraction of sp³-hybridized carbons (Fsp3) is 0.182. The standard InChI is InChI=1S/C33H30N4O2.Mg.2H/c1-4-9-30-35-31-21(2)18-24(32-34-27-12-7-8-13-28(27)36(32)3)19-29(31)37(30)20-22-14-16-23(17-15-22)25-10-5-6-11-26(25)33(38)39;;;/h5-8,10-19H,4,9,20H2,1-3H3,(H,38,39);;;/q;+2;2*-1. The molecule has 198 valence electrons. The van der Waals surface area contributed by atoms with Crippen molar-refractivity contribution in [2.45, 2.75) is 33.2 Å². The number of para-hydroxylation sites is 2. The number of carboxylic acid groups (broad SMARTS) is 1. The first-order valence-electron chi connectivity index (χ1n) is 13.3. The molecule has 0 radical (unpaired) electrons. The number of aromatic carboxylic acids is 1. The van der Waals surface area contributed by atoms with Gasteiger partial charge in [-0.05, 0) is 65.9 Å². The summed E-state index contributed by atoms with van der Waals surface area (Å²) in [6.45, 7) is 4.98. The van der Waals surface area contributed by atoms with Crippen LogP contribution in [0.25, 0.3) is 44.6 Å². The van der Waals surface area contributed by atoms with Crippen LogP contribution in [0.1, 0.15) is 43.5 Å². The van der Waals surface area contributed by atoms with Gasteiger partial charge in [0.05, 0.1) is 27.6 Å². The Morgan fingerprint density at radius 1 is 0.900 bits per heavy atom. The number of rotatable bonds is 7. The molecule has 7 heteroatoms. The number of aryl methyl sites for hydroxylation is 3. The summed E-state index contributed by atoms with van der Waals surface area (Å²) >= 11 is 0. The molecule has 0 aliphatic heterocycles. The molecular weight excluding hydrogens is 509 g/mol. The predicted octanol–water partition coefficient (Wildman–Crippen LogP) is 7.11. The minimum atomic E-state index is -0.921. The van der Waals surface area contributed by atoms with Gasteiger partial charge < -0.3 is 17.1 Å². The van der Waals surface area contributed by atoms with Gasteiger partial charge >= 0.3 is 29.0 Å². The molecule has 0 bridgehead atoms. The summed E-state index contributed by atoms with van der Waals surface area (Å²) in [5, 5.41) is 9.60. The predicted molar refractivity (Wildman–Crippen MR) is 164 cm³/mol. The molecule has 0 aliphatic carbocycles. The van der Waals surface area contributed by atoms with Crippen LogP contribution in [-0.2, 0) is 20.0 Å². The summed E-state index contributed by atoms with van der Waals surface area (Å²) < 4.78 is 4.47. The average molecular weight is 541 g/mol. The van der Waals surface area contributed by atoms with Gasteiger partial charge in [-0.25, -0.2) is 14.8 Å². The van der Waals surface area contributed by atoms with Crippen LogP contribution in [0.5, 0.6) is 0 Å². The van der Waals surface area contributed by atoms with Crippen molar-refractivity contribution < 1.29 is 12.8 Å². The van der Waals surface area contributed by atoms with Gasteiger partial charge in [-0.1, -0.05) is 61.5 Å². The Bertz CT molecular complexity index is 1860. The first kappa shape index (κ1) is 27.6. The maximum atomic E-state index is 11.7. The molecule has 0 saturated heterocycles. The smallest absolute Gasteiger partial charge is 1.00 e. The third-order valence-electron chi connectivity index (χ3n) is 7.41. The summed E-state index contributed by atoms with van der Waals surface area (Å²) in [7, 11) is 2.06. The van der Waals surface area contributed by atoms with E-state index in [0.717, 1.165) is 74.4 Å². The molecule has 0 unspecified atom stereocenters. The number of nitrogens with zero attached hydrogens (tertiary/aromatic N) is 4. The second-order valence-electron chi connectivity index (χ2n) is 10.1. The number of imidazole rings is 2. The molecule has 1 N–H and O–H groups in total. The quantitative estimate of drug-likeness (QED) is 0.219. The molecule has 2 aromatic heterocycles. The minimum absolute atomic E-state index is 0. The first-order chi connectivity index (χ1) is 18.9. The Morgan fingerprint density at radius 2 is 1.62 bits per heavy atom. The fourth-order valence-corrected chi connectivity index (χ4v) is 5.46. The second-order valence-corrected chi connectivity index (χ2v) is 10.1. The molecule has 2 heterocycles. The van der Waals surface area contributed by atoms with Crippen LogP contribution in [0, 0.1) is 6.92 Å². The van der Waals surface area contributed by atoms with E-state index in [4.69, 9.17) is 9.97 Å². The number of benzene rings is 4. The Hall–Kier alpha value is -3.94. The first-order valence-corrected chi connectivity index (χ1v) is 13.3. The third-order valence-corrected chi connectivity index (χ3v) is 7.41. The van der Waals surface area contributed by atoms with Crippen molar-refractivity contribution in [3.8, 4) is 22.5 Å². The number of aromatic nitrogens is 4. The molecular formula is C33H32MgN4O2. The summed E-state index contributed by atoms with van der Waals surface area (Å²) in [4.78, 5) is 21.7. The van der Waals surface area contributed by atoms with Crippen molar-refractivity contribution in [3.05, 3.63) is 107 Å². The van der Waals surface area contributed by atoms with Crippen LogP contribution in [0.4, 0.5) is 0 Å². The molecule has 6 nitrogen and oxygen atoms in total. The number of fused-ring (bicyclic) bond motifs is 2. The van der Waals surface area contributed by atoms with E-state index in [1.54, 1.807) is 12.1 Å². The largest absolute Gasteiger partial charge is 2.00 e. The van der Waals surface area contributed by atoms with E-state index in [9.17, 15) is 9.90 Å². The zero-order valence-electron chi connectivity index (χ0n) is 25.1. The normalized spacial score (nSPS) is 11.2. The van der Waals surface area contributed by atoms with Gasteiger partial charge in [0.2, 0.25) is 0 Å². The van der Waals surface area contributed by atoms with Gasteiger partial charge in [0.15, 0.2) is 0 Å². The van der Waals surface area contributed by atoms with E-state index in [-0.39, 0.29) is 25.9 Å². The Morgan fingerprint density at radius 3 is 2.35 bits per heavy atom. The van der Waals surface area contributed by atoms with Crippen LogP contribution >= 0.6 is 0 Å². The van der Waals surface area contributed by atoms with E-state index in [1.165, 1.54) is 0 Å². The maximum absolute atomic E-state index is 11.7.